The van der Waals surface area contributed by atoms with Gasteiger partial charge in [0, 0.05) is 30.6 Å². The van der Waals surface area contributed by atoms with Crippen molar-refractivity contribution in [3.05, 3.63) is 64.2 Å². The highest BCUT2D eigenvalue weighted by Crippen LogP contribution is 2.25. The van der Waals surface area contributed by atoms with E-state index in [1.165, 1.54) is 15.5 Å². The summed E-state index contributed by atoms with van der Waals surface area (Å²) in [6.07, 6.45) is 2.33. The third kappa shape index (κ3) is 8.23. The van der Waals surface area contributed by atoms with Gasteiger partial charge >= 0.3 is 0 Å². The molecule has 0 fully saturated rings. The smallest absolute Gasteiger partial charge is 0.242 e. The van der Waals surface area contributed by atoms with E-state index in [-0.39, 0.29) is 37.4 Å². The van der Waals surface area contributed by atoms with E-state index in [0.29, 0.717) is 17.1 Å². The molecule has 198 valence electrons. The van der Waals surface area contributed by atoms with Gasteiger partial charge in [0.25, 0.3) is 0 Å². The lowest BCUT2D eigenvalue weighted by atomic mass is 10.1. The quantitative estimate of drug-likeness (QED) is 0.421. The Morgan fingerprint density at radius 2 is 1.75 bits per heavy atom. The maximum Gasteiger partial charge on any atom is 0.242 e. The van der Waals surface area contributed by atoms with E-state index in [4.69, 9.17) is 11.6 Å². The van der Waals surface area contributed by atoms with Gasteiger partial charge in [-0.3, -0.25) is 13.9 Å². The normalized spacial score (nSPS) is 13.1. The number of amides is 2. The van der Waals surface area contributed by atoms with Gasteiger partial charge in [-0.1, -0.05) is 48.9 Å². The van der Waals surface area contributed by atoms with Crippen LogP contribution in [0.5, 0.6) is 0 Å². The number of benzene rings is 2. The van der Waals surface area contributed by atoms with Crippen molar-refractivity contribution in [2.45, 2.75) is 72.5 Å². The molecular formula is C27H38ClN3O4S. The SMILES string of the molecule is CC[C@H](C)NC(=O)[C@H](C)N(Cc1ccccc1Cl)C(=O)CCCN(c1cc(C)ccc1C)S(C)(=O)=O. The molecule has 0 heterocycles. The Morgan fingerprint density at radius 3 is 2.36 bits per heavy atom. The zero-order valence-electron chi connectivity index (χ0n) is 22.0. The lowest BCUT2D eigenvalue weighted by Crippen LogP contribution is -2.49. The summed E-state index contributed by atoms with van der Waals surface area (Å²) in [6, 6.07) is 12.1. The average Bonchev–Trinajstić information content (AvgIpc) is 2.81. The highest BCUT2D eigenvalue weighted by molar-refractivity contribution is 7.92. The third-order valence-corrected chi connectivity index (χ3v) is 7.80. The van der Waals surface area contributed by atoms with Gasteiger partial charge < -0.3 is 10.2 Å². The predicted octanol–water partition coefficient (Wildman–Crippen LogP) is 4.84. The first-order chi connectivity index (χ1) is 16.8. The Hall–Kier alpha value is -2.58. The fourth-order valence-electron chi connectivity index (χ4n) is 3.83. The van der Waals surface area contributed by atoms with Gasteiger partial charge in [0.2, 0.25) is 21.8 Å². The van der Waals surface area contributed by atoms with E-state index < -0.39 is 16.1 Å². The molecule has 36 heavy (non-hydrogen) atoms. The van der Waals surface area contributed by atoms with Crippen LogP contribution in [-0.2, 0) is 26.2 Å². The van der Waals surface area contributed by atoms with Crippen molar-refractivity contribution in [3.8, 4) is 0 Å². The number of nitrogens with zero attached hydrogens (tertiary/aromatic N) is 2. The summed E-state index contributed by atoms with van der Waals surface area (Å²) in [5.74, 6) is -0.478. The summed E-state index contributed by atoms with van der Waals surface area (Å²) in [7, 11) is -3.55. The molecule has 2 rings (SSSR count). The summed E-state index contributed by atoms with van der Waals surface area (Å²) < 4.78 is 26.5. The minimum Gasteiger partial charge on any atom is -0.352 e. The number of sulfonamides is 1. The molecule has 1 N–H and O–H groups in total. The van der Waals surface area contributed by atoms with Crippen molar-refractivity contribution in [3.63, 3.8) is 0 Å². The van der Waals surface area contributed by atoms with Gasteiger partial charge in [-0.25, -0.2) is 8.42 Å². The molecule has 2 atom stereocenters. The number of rotatable bonds is 12. The topological polar surface area (TPSA) is 86.8 Å². The van der Waals surface area contributed by atoms with Gasteiger partial charge in [-0.2, -0.15) is 0 Å². The molecule has 9 heteroatoms. The first-order valence-corrected chi connectivity index (χ1v) is 14.5. The van der Waals surface area contributed by atoms with Crippen LogP contribution in [0.3, 0.4) is 0 Å². The van der Waals surface area contributed by atoms with Crippen LogP contribution in [0.25, 0.3) is 0 Å². The molecule has 2 aromatic carbocycles. The minimum atomic E-state index is -3.55. The Kier molecular flexibility index (Phi) is 10.8. The molecule has 0 bridgehead atoms. The highest BCUT2D eigenvalue weighted by atomic mass is 35.5. The van der Waals surface area contributed by atoms with Gasteiger partial charge in [0.15, 0.2) is 0 Å². The first-order valence-electron chi connectivity index (χ1n) is 12.2. The monoisotopic (exact) mass is 535 g/mol. The van der Waals surface area contributed by atoms with E-state index in [1.54, 1.807) is 13.0 Å². The second-order valence-electron chi connectivity index (χ2n) is 9.34. The lowest BCUT2D eigenvalue weighted by Gasteiger charge is -2.30. The van der Waals surface area contributed by atoms with Crippen molar-refractivity contribution in [1.29, 1.82) is 0 Å². The maximum absolute atomic E-state index is 13.4. The van der Waals surface area contributed by atoms with E-state index in [0.717, 1.165) is 23.1 Å². The number of aryl methyl sites for hydroxylation is 2. The molecule has 0 aliphatic heterocycles. The molecular weight excluding hydrogens is 498 g/mol. The number of hydrogen-bond acceptors (Lipinski definition) is 4. The van der Waals surface area contributed by atoms with E-state index in [1.807, 2.05) is 64.1 Å². The van der Waals surface area contributed by atoms with E-state index in [9.17, 15) is 18.0 Å². The summed E-state index contributed by atoms with van der Waals surface area (Å²) in [5, 5.41) is 3.46. The van der Waals surface area contributed by atoms with Crippen molar-refractivity contribution in [1.82, 2.24) is 10.2 Å². The fraction of sp³-hybridized carbons (Fsp3) is 0.481. The zero-order valence-corrected chi connectivity index (χ0v) is 23.6. The van der Waals surface area contributed by atoms with Crippen LogP contribution in [0, 0.1) is 13.8 Å². The minimum absolute atomic E-state index is 0.0156. The van der Waals surface area contributed by atoms with Crippen molar-refractivity contribution in [2.24, 2.45) is 0 Å². The highest BCUT2D eigenvalue weighted by Gasteiger charge is 2.28. The Balaban J connectivity index is 2.22. The van der Waals surface area contributed by atoms with Gasteiger partial charge in [0.05, 0.1) is 11.9 Å². The number of carbonyl (C=O) groups is 2. The molecule has 0 aliphatic rings. The van der Waals surface area contributed by atoms with Crippen LogP contribution in [0.4, 0.5) is 5.69 Å². The summed E-state index contributed by atoms with van der Waals surface area (Å²) in [4.78, 5) is 27.8. The lowest BCUT2D eigenvalue weighted by molar-refractivity contribution is -0.140. The first kappa shape index (κ1) is 29.6. The number of carbonyl (C=O) groups excluding carboxylic acids is 2. The molecule has 2 amide bonds. The Labute approximate surface area is 220 Å². The average molecular weight is 536 g/mol. The van der Waals surface area contributed by atoms with Crippen LogP contribution < -0.4 is 9.62 Å². The number of anilines is 1. The second kappa shape index (κ2) is 13.1. The van der Waals surface area contributed by atoms with Gasteiger partial charge in [-0.05, 0) is 69.4 Å². The molecule has 0 saturated carbocycles. The van der Waals surface area contributed by atoms with Crippen LogP contribution in [0.15, 0.2) is 42.5 Å². The summed E-state index contributed by atoms with van der Waals surface area (Å²) in [5.41, 5.74) is 3.14. The van der Waals surface area contributed by atoms with Crippen LogP contribution in [0.2, 0.25) is 5.02 Å². The van der Waals surface area contributed by atoms with Crippen LogP contribution in [-0.4, -0.2) is 50.0 Å². The van der Waals surface area contributed by atoms with Gasteiger partial charge in [-0.15, -0.1) is 0 Å². The summed E-state index contributed by atoms with van der Waals surface area (Å²) >= 11 is 6.34. The third-order valence-electron chi connectivity index (χ3n) is 6.25. The predicted molar refractivity (Wildman–Crippen MR) is 147 cm³/mol. The molecule has 0 unspecified atom stereocenters. The van der Waals surface area contributed by atoms with Gasteiger partial charge in [0.1, 0.15) is 6.04 Å². The Bertz CT molecular complexity index is 1170. The zero-order chi connectivity index (χ0) is 27.0. The molecule has 2 aromatic rings. The summed E-state index contributed by atoms with van der Waals surface area (Å²) in [6.45, 7) is 9.70. The maximum atomic E-state index is 13.4. The fourth-order valence-corrected chi connectivity index (χ4v) is 5.04. The second-order valence-corrected chi connectivity index (χ2v) is 11.6. The van der Waals surface area contributed by atoms with Crippen molar-refractivity contribution >= 4 is 39.1 Å². The number of hydrogen-bond donors (Lipinski definition) is 1. The molecule has 0 spiro atoms. The Morgan fingerprint density at radius 1 is 1.08 bits per heavy atom. The molecule has 0 saturated heterocycles. The molecule has 0 aliphatic carbocycles. The van der Waals surface area contributed by atoms with E-state index in [2.05, 4.69) is 5.32 Å². The largest absolute Gasteiger partial charge is 0.352 e. The van der Waals surface area contributed by atoms with Crippen LogP contribution in [0.1, 0.15) is 56.7 Å². The van der Waals surface area contributed by atoms with E-state index >= 15 is 0 Å². The van der Waals surface area contributed by atoms with Crippen LogP contribution >= 0.6 is 11.6 Å². The number of nitrogens with one attached hydrogen (secondary N) is 1. The number of halogens is 1. The van der Waals surface area contributed by atoms with Crippen molar-refractivity contribution in [2.75, 3.05) is 17.1 Å². The standard InChI is InChI=1S/C27H38ClN3O4S/c1-7-21(4)29-27(33)22(5)30(18-23-11-8-9-12-24(23)28)26(32)13-10-16-31(36(6,34)35)25-17-19(2)14-15-20(25)3/h8-9,11-12,14-15,17,21-22H,7,10,13,16,18H2,1-6H3,(H,29,33)/t21-,22-/m0/s1. The molecule has 0 radical (unpaired) electrons. The molecule has 7 nitrogen and oxygen atoms in total. The molecule has 0 aromatic heterocycles. The van der Waals surface area contributed by atoms with Crippen molar-refractivity contribution < 1.29 is 18.0 Å².